The highest BCUT2D eigenvalue weighted by molar-refractivity contribution is 7.85. The van der Waals surface area contributed by atoms with Gasteiger partial charge in [0.15, 0.2) is 0 Å². The van der Waals surface area contributed by atoms with E-state index in [0.29, 0.717) is 18.0 Å². The lowest BCUT2D eigenvalue weighted by molar-refractivity contribution is 0.146. The van der Waals surface area contributed by atoms with Crippen LogP contribution >= 0.6 is 0 Å². The number of hydrogen-bond acceptors (Lipinski definition) is 3. The zero-order valence-corrected chi connectivity index (χ0v) is 10.5. The fraction of sp³-hybridized carbons (Fsp3) is 0.500. The Hall–Kier alpha value is -0.870. The molecule has 1 rings (SSSR count). The molecule has 0 aliphatic heterocycles. The molecule has 0 aromatic heterocycles. The first kappa shape index (κ1) is 13.2. The van der Waals surface area contributed by atoms with Crippen LogP contribution in [0.4, 0.5) is 5.69 Å². The quantitative estimate of drug-likeness (QED) is 0.588. The second-order valence-corrected chi connectivity index (χ2v) is 5.16. The molecular weight excluding hydrogens is 222 g/mol. The highest BCUT2D eigenvalue weighted by atomic mass is 32.2. The molecule has 4 heteroatoms. The molecule has 0 aliphatic rings. The Labute approximate surface area is 99.4 Å². The van der Waals surface area contributed by atoms with Crippen LogP contribution in [-0.2, 0) is 15.5 Å². The molecule has 0 heterocycles. The summed E-state index contributed by atoms with van der Waals surface area (Å²) in [6.45, 7) is 3.42. The Morgan fingerprint density at radius 3 is 2.88 bits per heavy atom. The molecule has 1 unspecified atom stereocenters. The van der Waals surface area contributed by atoms with E-state index in [1.165, 1.54) is 0 Å². The summed E-state index contributed by atoms with van der Waals surface area (Å²) >= 11 is 0. The lowest BCUT2D eigenvalue weighted by atomic mass is 10.3. The van der Waals surface area contributed by atoms with Crippen molar-refractivity contribution >= 4 is 16.5 Å². The number of nitrogens with two attached hydrogens (primary N) is 1. The lowest BCUT2D eigenvalue weighted by Gasteiger charge is -2.04. The van der Waals surface area contributed by atoms with Gasteiger partial charge in [-0.2, -0.15) is 0 Å². The van der Waals surface area contributed by atoms with Gasteiger partial charge >= 0.3 is 0 Å². The third-order valence-electron chi connectivity index (χ3n) is 2.18. The van der Waals surface area contributed by atoms with Crippen LogP contribution in [0.1, 0.15) is 19.8 Å². The average molecular weight is 241 g/mol. The largest absolute Gasteiger partial charge is 0.399 e. The van der Waals surface area contributed by atoms with Gasteiger partial charge in [0.2, 0.25) is 0 Å². The zero-order chi connectivity index (χ0) is 11.8. The van der Waals surface area contributed by atoms with Crippen molar-refractivity contribution < 1.29 is 8.95 Å². The van der Waals surface area contributed by atoms with E-state index in [1.807, 2.05) is 12.1 Å². The first-order chi connectivity index (χ1) is 7.74. The van der Waals surface area contributed by atoms with E-state index in [1.54, 1.807) is 12.1 Å². The van der Waals surface area contributed by atoms with Crippen LogP contribution in [-0.4, -0.2) is 23.2 Å². The van der Waals surface area contributed by atoms with Crippen molar-refractivity contribution in [1.29, 1.82) is 0 Å². The molecule has 90 valence electrons. The summed E-state index contributed by atoms with van der Waals surface area (Å²) < 4.78 is 17.2. The number of hydrogen-bond donors (Lipinski definition) is 1. The number of rotatable bonds is 7. The number of unbranched alkanes of at least 4 members (excludes halogenated alkanes) is 1. The SMILES string of the molecule is CCCCOCCS(=O)c1cccc(N)c1. The molecule has 0 saturated carbocycles. The fourth-order valence-corrected chi connectivity index (χ4v) is 2.26. The molecule has 0 saturated heterocycles. The van der Waals surface area contributed by atoms with E-state index in [0.717, 1.165) is 24.3 Å². The molecule has 2 N–H and O–H groups in total. The predicted octanol–water partition coefficient (Wildman–Crippen LogP) is 2.19. The van der Waals surface area contributed by atoms with Gasteiger partial charge < -0.3 is 10.5 Å². The summed E-state index contributed by atoms with van der Waals surface area (Å²) in [5.74, 6) is 0.535. The van der Waals surface area contributed by atoms with Crippen molar-refractivity contribution in [2.75, 3.05) is 24.7 Å². The summed E-state index contributed by atoms with van der Waals surface area (Å²) in [4.78, 5) is 0.777. The summed E-state index contributed by atoms with van der Waals surface area (Å²) in [6, 6.07) is 7.19. The van der Waals surface area contributed by atoms with E-state index in [4.69, 9.17) is 10.5 Å². The Bertz CT molecular complexity index is 342. The molecule has 1 aromatic carbocycles. The summed E-state index contributed by atoms with van der Waals surface area (Å²) in [5.41, 5.74) is 6.28. The molecule has 1 atom stereocenters. The molecule has 0 bridgehead atoms. The van der Waals surface area contributed by atoms with Crippen molar-refractivity contribution in [2.24, 2.45) is 0 Å². The molecule has 1 aromatic rings. The normalized spacial score (nSPS) is 12.6. The minimum Gasteiger partial charge on any atom is -0.399 e. The van der Waals surface area contributed by atoms with Crippen LogP contribution in [0.2, 0.25) is 0 Å². The number of anilines is 1. The monoisotopic (exact) mass is 241 g/mol. The van der Waals surface area contributed by atoms with Crippen molar-refractivity contribution in [1.82, 2.24) is 0 Å². The predicted molar refractivity (Wildman–Crippen MR) is 67.9 cm³/mol. The summed E-state index contributed by atoms with van der Waals surface area (Å²) in [5, 5.41) is 0. The molecular formula is C12H19NO2S. The van der Waals surface area contributed by atoms with E-state index in [-0.39, 0.29) is 0 Å². The highest BCUT2D eigenvalue weighted by Gasteiger charge is 2.03. The number of benzene rings is 1. The third kappa shape index (κ3) is 4.77. The van der Waals surface area contributed by atoms with E-state index in [2.05, 4.69) is 6.92 Å². The molecule has 0 fully saturated rings. The van der Waals surface area contributed by atoms with Crippen LogP contribution in [0.25, 0.3) is 0 Å². The highest BCUT2D eigenvalue weighted by Crippen LogP contribution is 2.11. The van der Waals surface area contributed by atoms with Gasteiger partial charge in [-0.05, 0) is 24.6 Å². The molecule has 0 spiro atoms. The Kier molecular flexibility index (Phi) is 6.11. The van der Waals surface area contributed by atoms with Crippen LogP contribution in [0, 0.1) is 0 Å². The van der Waals surface area contributed by atoms with E-state index in [9.17, 15) is 4.21 Å². The summed E-state index contributed by atoms with van der Waals surface area (Å²) in [7, 11) is -1.00. The van der Waals surface area contributed by atoms with Gasteiger partial charge in [-0.15, -0.1) is 0 Å². The molecule has 3 nitrogen and oxygen atoms in total. The number of nitrogen functional groups attached to an aromatic ring is 1. The van der Waals surface area contributed by atoms with Crippen LogP contribution in [0.3, 0.4) is 0 Å². The first-order valence-electron chi connectivity index (χ1n) is 5.55. The van der Waals surface area contributed by atoms with Gasteiger partial charge in [-0.1, -0.05) is 19.4 Å². The van der Waals surface area contributed by atoms with Crippen LogP contribution < -0.4 is 5.73 Å². The van der Waals surface area contributed by atoms with Crippen LogP contribution in [0.5, 0.6) is 0 Å². The first-order valence-corrected chi connectivity index (χ1v) is 6.87. The maximum atomic E-state index is 11.8. The van der Waals surface area contributed by atoms with Gasteiger partial charge in [0.25, 0.3) is 0 Å². The van der Waals surface area contributed by atoms with Gasteiger partial charge in [-0.3, -0.25) is 4.21 Å². The minimum absolute atomic E-state index is 0.535. The standard InChI is InChI=1S/C12H19NO2S/c1-2-3-7-15-8-9-16(14)12-6-4-5-11(13)10-12/h4-6,10H,2-3,7-9,13H2,1H3. The van der Waals surface area contributed by atoms with E-state index >= 15 is 0 Å². The van der Waals surface area contributed by atoms with Crippen molar-refractivity contribution in [3.63, 3.8) is 0 Å². The Morgan fingerprint density at radius 2 is 2.19 bits per heavy atom. The van der Waals surface area contributed by atoms with Crippen molar-refractivity contribution in [3.8, 4) is 0 Å². The smallest absolute Gasteiger partial charge is 0.0585 e. The molecule has 0 aliphatic carbocycles. The maximum Gasteiger partial charge on any atom is 0.0585 e. The van der Waals surface area contributed by atoms with E-state index < -0.39 is 10.8 Å². The average Bonchev–Trinajstić information content (AvgIpc) is 2.28. The lowest BCUT2D eigenvalue weighted by Crippen LogP contribution is -2.07. The second-order valence-electron chi connectivity index (χ2n) is 3.59. The van der Waals surface area contributed by atoms with Crippen LogP contribution in [0.15, 0.2) is 29.2 Å². The zero-order valence-electron chi connectivity index (χ0n) is 9.65. The van der Waals surface area contributed by atoms with Gasteiger partial charge in [-0.25, -0.2) is 0 Å². The Balaban J connectivity index is 2.30. The number of ether oxygens (including phenoxy) is 1. The van der Waals surface area contributed by atoms with Gasteiger partial charge in [0, 0.05) is 17.2 Å². The third-order valence-corrected chi connectivity index (χ3v) is 3.49. The molecule has 16 heavy (non-hydrogen) atoms. The van der Waals surface area contributed by atoms with Crippen molar-refractivity contribution in [2.45, 2.75) is 24.7 Å². The topological polar surface area (TPSA) is 52.3 Å². The second kappa shape index (κ2) is 7.41. The molecule has 0 radical (unpaired) electrons. The molecule has 0 amide bonds. The maximum absolute atomic E-state index is 11.8. The summed E-state index contributed by atoms with van der Waals surface area (Å²) in [6.07, 6.45) is 2.18. The fourth-order valence-electron chi connectivity index (χ4n) is 1.26. The minimum atomic E-state index is -1.00. The van der Waals surface area contributed by atoms with Gasteiger partial charge in [0.1, 0.15) is 0 Å². The van der Waals surface area contributed by atoms with Gasteiger partial charge in [0.05, 0.1) is 23.2 Å². The van der Waals surface area contributed by atoms with Crippen molar-refractivity contribution in [3.05, 3.63) is 24.3 Å². The Morgan fingerprint density at radius 1 is 1.38 bits per heavy atom.